The summed E-state index contributed by atoms with van der Waals surface area (Å²) in [6.07, 6.45) is 5.07. The molecule has 2 aliphatic heterocycles. The van der Waals surface area contributed by atoms with Crippen LogP contribution in [0.25, 0.3) is 0 Å². The maximum Gasteiger partial charge on any atom is 0.243 e. The van der Waals surface area contributed by atoms with Crippen LogP contribution in [0.1, 0.15) is 32.1 Å². The maximum atomic E-state index is 12.3. The molecule has 3 fully saturated rings. The minimum atomic E-state index is -0.684. The highest BCUT2D eigenvalue weighted by Crippen LogP contribution is 2.42. The molecule has 0 spiro atoms. The first kappa shape index (κ1) is 10.1. The van der Waals surface area contributed by atoms with E-state index in [4.69, 9.17) is 10.00 Å². The Morgan fingerprint density at radius 2 is 1.94 bits per heavy atom. The zero-order valence-electron chi connectivity index (χ0n) is 9.32. The summed E-state index contributed by atoms with van der Waals surface area (Å²) in [5.41, 5.74) is -0.684. The zero-order valence-corrected chi connectivity index (χ0v) is 9.32. The molecule has 2 saturated heterocycles. The van der Waals surface area contributed by atoms with E-state index in [0.29, 0.717) is 13.1 Å². The SMILES string of the molecule is N#CC1(C(=O)N2CC3CCC(C2)O3)CCC1. The van der Waals surface area contributed by atoms with Gasteiger partial charge in [-0.3, -0.25) is 4.79 Å². The molecule has 1 amide bonds. The lowest BCUT2D eigenvalue weighted by molar-refractivity contribution is -0.151. The maximum absolute atomic E-state index is 12.3. The Morgan fingerprint density at radius 1 is 1.31 bits per heavy atom. The van der Waals surface area contributed by atoms with E-state index in [1.807, 2.05) is 4.90 Å². The van der Waals surface area contributed by atoms with Crippen LogP contribution in [0.15, 0.2) is 0 Å². The van der Waals surface area contributed by atoms with E-state index in [9.17, 15) is 4.79 Å². The van der Waals surface area contributed by atoms with Gasteiger partial charge in [-0.05, 0) is 32.1 Å². The first-order valence-electron chi connectivity index (χ1n) is 6.10. The topological polar surface area (TPSA) is 53.3 Å². The zero-order chi connectivity index (χ0) is 11.2. The summed E-state index contributed by atoms with van der Waals surface area (Å²) < 4.78 is 5.70. The predicted octanol–water partition coefficient (Wildman–Crippen LogP) is 1.07. The van der Waals surface area contributed by atoms with Gasteiger partial charge in [-0.25, -0.2) is 0 Å². The summed E-state index contributed by atoms with van der Waals surface area (Å²) in [6.45, 7) is 1.39. The second kappa shape index (κ2) is 3.46. The average molecular weight is 220 g/mol. The molecule has 1 saturated carbocycles. The summed E-state index contributed by atoms with van der Waals surface area (Å²) in [7, 11) is 0. The van der Waals surface area contributed by atoms with Crippen molar-refractivity contribution in [2.24, 2.45) is 5.41 Å². The minimum absolute atomic E-state index is 0.0569. The van der Waals surface area contributed by atoms with Gasteiger partial charge in [0, 0.05) is 13.1 Å². The van der Waals surface area contributed by atoms with Crippen LogP contribution in [-0.4, -0.2) is 36.1 Å². The average Bonchev–Trinajstić information content (AvgIpc) is 2.57. The number of nitrogens with zero attached hydrogens (tertiary/aromatic N) is 2. The van der Waals surface area contributed by atoms with Gasteiger partial charge in [0.05, 0.1) is 18.3 Å². The summed E-state index contributed by atoms with van der Waals surface area (Å²) in [6, 6.07) is 2.23. The summed E-state index contributed by atoms with van der Waals surface area (Å²) in [4.78, 5) is 14.2. The molecule has 2 bridgehead atoms. The van der Waals surface area contributed by atoms with Crippen molar-refractivity contribution in [3.63, 3.8) is 0 Å². The molecule has 2 unspecified atom stereocenters. The van der Waals surface area contributed by atoms with Crippen molar-refractivity contribution >= 4 is 5.91 Å². The molecular formula is C12H16N2O2. The highest BCUT2D eigenvalue weighted by Gasteiger charge is 2.49. The van der Waals surface area contributed by atoms with Gasteiger partial charge >= 0.3 is 0 Å². The monoisotopic (exact) mass is 220 g/mol. The number of carbonyl (C=O) groups excluding carboxylic acids is 1. The van der Waals surface area contributed by atoms with E-state index in [0.717, 1.165) is 32.1 Å². The van der Waals surface area contributed by atoms with Crippen molar-refractivity contribution < 1.29 is 9.53 Å². The second-order valence-corrected chi connectivity index (χ2v) is 5.22. The van der Waals surface area contributed by atoms with E-state index in [1.165, 1.54) is 0 Å². The van der Waals surface area contributed by atoms with Gasteiger partial charge in [0.15, 0.2) is 0 Å². The second-order valence-electron chi connectivity index (χ2n) is 5.22. The molecule has 2 heterocycles. The largest absolute Gasteiger partial charge is 0.371 e. The summed E-state index contributed by atoms with van der Waals surface area (Å²) >= 11 is 0. The molecule has 1 aliphatic carbocycles. The lowest BCUT2D eigenvalue weighted by Crippen LogP contribution is -2.53. The predicted molar refractivity (Wildman–Crippen MR) is 56.4 cm³/mol. The Kier molecular flexibility index (Phi) is 2.18. The van der Waals surface area contributed by atoms with Crippen molar-refractivity contribution in [2.75, 3.05) is 13.1 Å². The molecule has 0 aromatic heterocycles. The van der Waals surface area contributed by atoms with Crippen molar-refractivity contribution in [2.45, 2.75) is 44.3 Å². The first-order valence-corrected chi connectivity index (χ1v) is 6.10. The minimum Gasteiger partial charge on any atom is -0.371 e. The third-order valence-electron chi connectivity index (χ3n) is 4.16. The van der Waals surface area contributed by atoms with Crippen LogP contribution in [0.5, 0.6) is 0 Å². The number of fused-ring (bicyclic) bond motifs is 2. The summed E-state index contributed by atoms with van der Waals surface area (Å²) in [5, 5.41) is 9.16. The van der Waals surface area contributed by atoms with E-state index < -0.39 is 5.41 Å². The number of likely N-dealkylation sites (tertiary alicyclic amines) is 1. The van der Waals surface area contributed by atoms with Crippen molar-refractivity contribution in [1.82, 2.24) is 4.90 Å². The van der Waals surface area contributed by atoms with Gasteiger partial charge in [0.2, 0.25) is 5.91 Å². The normalized spacial score (nSPS) is 35.3. The Bertz CT molecular complexity index is 345. The molecule has 16 heavy (non-hydrogen) atoms. The number of morpholine rings is 1. The number of nitriles is 1. The number of carbonyl (C=O) groups is 1. The smallest absolute Gasteiger partial charge is 0.243 e. The standard InChI is InChI=1S/C12H16N2O2/c13-8-12(4-1-5-12)11(15)14-6-9-2-3-10(7-14)16-9/h9-10H,1-7H2. The van der Waals surface area contributed by atoms with Crippen LogP contribution in [0.2, 0.25) is 0 Å². The van der Waals surface area contributed by atoms with Crippen LogP contribution < -0.4 is 0 Å². The molecule has 4 heteroatoms. The lowest BCUT2D eigenvalue weighted by Gasteiger charge is -2.41. The van der Waals surface area contributed by atoms with Crippen LogP contribution in [0.3, 0.4) is 0 Å². The molecule has 0 radical (unpaired) electrons. The van der Waals surface area contributed by atoms with Gasteiger partial charge < -0.3 is 9.64 Å². The van der Waals surface area contributed by atoms with Crippen molar-refractivity contribution in [1.29, 1.82) is 5.26 Å². The van der Waals surface area contributed by atoms with Crippen molar-refractivity contribution in [3.05, 3.63) is 0 Å². The highest BCUT2D eigenvalue weighted by atomic mass is 16.5. The van der Waals surface area contributed by atoms with Gasteiger partial charge in [-0.1, -0.05) is 0 Å². The molecular weight excluding hydrogens is 204 g/mol. The number of hydrogen-bond donors (Lipinski definition) is 0. The Labute approximate surface area is 95.2 Å². The van der Waals surface area contributed by atoms with Gasteiger partial charge in [-0.15, -0.1) is 0 Å². The molecule has 86 valence electrons. The van der Waals surface area contributed by atoms with Crippen LogP contribution >= 0.6 is 0 Å². The van der Waals surface area contributed by atoms with Gasteiger partial charge in [0.25, 0.3) is 0 Å². The Morgan fingerprint density at radius 3 is 2.38 bits per heavy atom. The fourth-order valence-corrected chi connectivity index (χ4v) is 2.99. The van der Waals surface area contributed by atoms with Crippen molar-refractivity contribution in [3.8, 4) is 6.07 Å². The molecule has 4 nitrogen and oxygen atoms in total. The van der Waals surface area contributed by atoms with E-state index in [-0.39, 0.29) is 18.1 Å². The van der Waals surface area contributed by atoms with Crippen LogP contribution in [0, 0.1) is 16.7 Å². The molecule has 0 aromatic rings. The lowest BCUT2D eigenvalue weighted by atomic mass is 9.69. The molecule has 0 N–H and O–H groups in total. The Hall–Kier alpha value is -1.08. The third-order valence-corrected chi connectivity index (χ3v) is 4.16. The number of rotatable bonds is 1. The van der Waals surface area contributed by atoms with Crippen LogP contribution in [0.4, 0.5) is 0 Å². The fraction of sp³-hybridized carbons (Fsp3) is 0.833. The fourth-order valence-electron chi connectivity index (χ4n) is 2.99. The quantitative estimate of drug-likeness (QED) is 0.664. The third kappa shape index (κ3) is 1.35. The number of amides is 1. The molecule has 2 atom stereocenters. The van der Waals surface area contributed by atoms with E-state index >= 15 is 0 Å². The number of ether oxygens (including phenoxy) is 1. The summed E-state index contributed by atoms with van der Waals surface area (Å²) in [5.74, 6) is 0.0569. The molecule has 3 rings (SSSR count). The van der Waals surface area contributed by atoms with Crippen LogP contribution in [-0.2, 0) is 9.53 Å². The first-order chi connectivity index (χ1) is 7.73. The Balaban J connectivity index is 1.74. The van der Waals surface area contributed by atoms with Gasteiger partial charge in [-0.2, -0.15) is 5.26 Å². The number of hydrogen-bond acceptors (Lipinski definition) is 3. The van der Waals surface area contributed by atoms with E-state index in [2.05, 4.69) is 6.07 Å². The highest BCUT2D eigenvalue weighted by molar-refractivity contribution is 5.86. The molecule has 3 aliphatic rings. The molecule has 0 aromatic carbocycles. The van der Waals surface area contributed by atoms with E-state index in [1.54, 1.807) is 0 Å². The van der Waals surface area contributed by atoms with Gasteiger partial charge in [0.1, 0.15) is 5.41 Å².